The molecule has 2 aliphatic heterocycles. The monoisotopic (exact) mass is 372 g/mol. The Bertz CT molecular complexity index is 427. The minimum Gasteiger partial charge on any atom is -0.317 e. The first kappa shape index (κ1) is 17.3. The Kier molecular flexibility index (Phi) is 7.00. The molecule has 2 aliphatic rings. The molecule has 2 heterocycles. The van der Waals surface area contributed by atoms with E-state index >= 15 is 0 Å². The zero-order valence-electron chi connectivity index (χ0n) is 12.6. The highest BCUT2D eigenvalue weighted by Crippen LogP contribution is 2.33. The second kappa shape index (κ2) is 8.52. The fourth-order valence-electron chi connectivity index (χ4n) is 3.66. The van der Waals surface area contributed by atoms with Crippen LogP contribution in [0.25, 0.3) is 0 Å². The molecule has 0 saturated carbocycles. The van der Waals surface area contributed by atoms with Crippen LogP contribution in [0.2, 0.25) is 0 Å². The lowest BCUT2D eigenvalue weighted by Crippen LogP contribution is -2.39. The highest BCUT2D eigenvalue weighted by atomic mass is 79.9. The molecule has 118 valence electrons. The van der Waals surface area contributed by atoms with E-state index in [9.17, 15) is 0 Å². The average Bonchev–Trinajstić information content (AvgIpc) is 2.50. The van der Waals surface area contributed by atoms with Gasteiger partial charge in [-0.2, -0.15) is 0 Å². The third-order valence-corrected chi connectivity index (χ3v) is 5.63. The van der Waals surface area contributed by atoms with Crippen molar-refractivity contribution in [1.82, 2.24) is 10.2 Å². The molecule has 0 aromatic heterocycles. The number of nitrogens with zero attached hydrogens (tertiary/aromatic N) is 1. The van der Waals surface area contributed by atoms with Crippen LogP contribution in [0.1, 0.15) is 37.2 Å². The summed E-state index contributed by atoms with van der Waals surface area (Å²) < 4.78 is 1.29. The van der Waals surface area contributed by atoms with Crippen LogP contribution in [0, 0.1) is 5.92 Å². The Hall–Kier alpha value is -0.0900. The van der Waals surface area contributed by atoms with Crippen molar-refractivity contribution in [3.63, 3.8) is 0 Å². The number of halogens is 2. The van der Waals surface area contributed by atoms with Gasteiger partial charge in [0.1, 0.15) is 0 Å². The summed E-state index contributed by atoms with van der Waals surface area (Å²) in [4.78, 5) is 2.70. The third kappa shape index (κ3) is 4.69. The van der Waals surface area contributed by atoms with Crippen LogP contribution in [-0.2, 0) is 0 Å². The Labute approximate surface area is 143 Å². The molecule has 0 unspecified atom stereocenters. The number of hydrogen-bond acceptors (Lipinski definition) is 2. The van der Waals surface area contributed by atoms with Gasteiger partial charge in [0.05, 0.1) is 0 Å². The number of benzene rings is 1. The van der Waals surface area contributed by atoms with Crippen molar-refractivity contribution < 1.29 is 0 Å². The zero-order chi connectivity index (χ0) is 13.8. The van der Waals surface area contributed by atoms with Gasteiger partial charge in [-0.25, -0.2) is 0 Å². The summed E-state index contributed by atoms with van der Waals surface area (Å²) in [6.07, 6.45) is 5.36. The van der Waals surface area contributed by atoms with Gasteiger partial charge in [-0.3, -0.25) is 0 Å². The number of piperidine rings is 2. The van der Waals surface area contributed by atoms with E-state index in [2.05, 4.69) is 50.4 Å². The minimum absolute atomic E-state index is 0. The topological polar surface area (TPSA) is 15.3 Å². The van der Waals surface area contributed by atoms with Crippen molar-refractivity contribution in [3.8, 4) is 0 Å². The molecule has 1 N–H and O–H groups in total. The van der Waals surface area contributed by atoms with Gasteiger partial charge < -0.3 is 10.2 Å². The fourth-order valence-corrected chi connectivity index (χ4v) is 4.27. The van der Waals surface area contributed by atoms with Gasteiger partial charge >= 0.3 is 0 Å². The molecule has 0 aliphatic carbocycles. The molecular formula is C17H26BrClN2. The maximum Gasteiger partial charge on any atom is 0.0210 e. The normalized spacial score (nSPS) is 22.0. The summed E-state index contributed by atoms with van der Waals surface area (Å²) in [6.45, 7) is 6.31. The molecule has 4 heteroatoms. The van der Waals surface area contributed by atoms with Crippen LogP contribution in [-0.4, -0.2) is 37.6 Å². The minimum atomic E-state index is 0. The van der Waals surface area contributed by atoms with E-state index in [0.29, 0.717) is 0 Å². The third-order valence-electron chi connectivity index (χ3n) is 4.91. The Morgan fingerprint density at radius 1 is 1.05 bits per heavy atom. The number of hydrogen-bond donors (Lipinski definition) is 1. The smallest absolute Gasteiger partial charge is 0.0210 e. The van der Waals surface area contributed by atoms with Crippen LogP contribution >= 0.6 is 28.3 Å². The molecule has 0 amide bonds. The lowest BCUT2D eigenvalue weighted by Gasteiger charge is -2.35. The average molecular weight is 374 g/mol. The first-order valence-electron chi connectivity index (χ1n) is 8.00. The summed E-state index contributed by atoms with van der Waals surface area (Å²) >= 11 is 3.71. The Balaban J connectivity index is 0.00000161. The van der Waals surface area contributed by atoms with Gasteiger partial charge in [0.15, 0.2) is 0 Å². The largest absolute Gasteiger partial charge is 0.317 e. The number of rotatable bonds is 3. The molecule has 2 fully saturated rings. The fraction of sp³-hybridized carbons (Fsp3) is 0.647. The SMILES string of the molecule is Brc1ccccc1C1CCN(CC2CCNCC2)CC1.Cl. The molecular weight excluding hydrogens is 348 g/mol. The van der Waals surface area contributed by atoms with Crippen LogP contribution in [0.15, 0.2) is 28.7 Å². The number of nitrogens with one attached hydrogen (secondary N) is 1. The highest BCUT2D eigenvalue weighted by molar-refractivity contribution is 9.10. The molecule has 2 nitrogen and oxygen atoms in total. The standard InChI is InChI=1S/C17H25BrN2.ClH/c18-17-4-2-1-3-16(17)15-7-11-20(12-8-15)13-14-5-9-19-10-6-14;/h1-4,14-15,19H,5-13H2;1H. The summed E-state index contributed by atoms with van der Waals surface area (Å²) in [6, 6.07) is 8.75. The van der Waals surface area contributed by atoms with Crippen LogP contribution in [0.3, 0.4) is 0 Å². The molecule has 2 saturated heterocycles. The van der Waals surface area contributed by atoms with Gasteiger partial charge in [-0.05, 0) is 75.3 Å². The molecule has 0 atom stereocenters. The van der Waals surface area contributed by atoms with Crippen LogP contribution in [0.4, 0.5) is 0 Å². The second-order valence-corrected chi connectivity index (χ2v) is 7.14. The summed E-state index contributed by atoms with van der Waals surface area (Å²) in [5, 5.41) is 3.46. The van der Waals surface area contributed by atoms with Gasteiger partial charge in [-0.15, -0.1) is 12.4 Å². The van der Waals surface area contributed by atoms with E-state index < -0.39 is 0 Å². The van der Waals surface area contributed by atoms with E-state index in [1.807, 2.05) is 0 Å². The number of likely N-dealkylation sites (tertiary alicyclic amines) is 1. The molecule has 0 bridgehead atoms. The van der Waals surface area contributed by atoms with Crippen molar-refractivity contribution in [3.05, 3.63) is 34.3 Å². The van der Waals surface area contributed by atoms with Crippen molar-refractivity contribution in [2.24, 2.45) is 5.92 Å². The van der Waals surface area contributed by atoms with E-state index in [-0.39, 0.29) is 12.4 Å². The lowest BCUT2D eigenvalue weighted by molar-refractivity contribution is 0.167. The van der Waals surface area contributed by atoms with Crippen molar-refractivity contribution in [2.75, 3.05) is 32.7 Å². The van der Waals surface area contributed by atoms with Crippen molar-refractivity contribution in [1.29, 1.82) is 0 Å². The van der Waals surface area contributed by atoms with Crippen LogP contribution < -0.4 is 5.32 Å². The van der Waals surface area contributed by atoms with Crippen molar-refractivity contribution >= 4 is 28.3 Å². The summed E-state index contributed by atoms with van der Waals surface area (Å²) in [7, 11) is 0. The van der Waals surface area contributed by atoms with E-state index in [4.69, 9.17) is 0 Å². The maximum absolute atomic E-state index is 3.71. The first-order valence-corrected chi connectivity index (χ1v) is 8.80. The van der Waals surface area contributed by atoms with Gasteiger partial charge in [0, 0.05) is 11.0 Å². The van der Waals surface area contributed by atoms with Gasteiger partial charge in [0.25, 0.3) is 0 Å². The van der Waals surface area contributed by atoms with E-state index in [1.165, 1.54) is 68.4 Å². The zero-order valence-corrected chi connectivity index (χ0v) is 15.0. The van der Waals surface area contributed by atoms with E-state index in [0.717, 1.165) is 11.8 Å². The molecule has 1 aromatic carbocycles. The van der Waals surface area contributed by atoms with E-state index in [1.54, 1.807) is 0 Å². The summed E-state index contributed by atoms with van der Waals surface area (Å²) in [5.74, 6) is 1.67. The van der Waals surface area contributed by atoms with Crippen LogP contribution in [0.5, 0.6) is 0 Å². The summed E-state index contributed by atoms with van der Waals surface area (Å²) in [5.41, 5.74) is 1.51. The quantitative estimate of drug-likeness (QED) is 0.860. The lowest BCUT2D eigenvalue weighted by atomic mass is 9.88. The maximum atomic E-state index is 3.71. The first-order chi connectivity index (χ1) is 9.83. The Morgan fingerprint density at radius 2 is 1.71 bits per heavy atom. The second-order valence-electron chi connectivity index (χ2n) is 6.29. The molecule has 3 rings (SSSR count). The van der Waals surface area contributed by atoms with Gasteiger partial charge in [-0.1, -0.05) is 34.1 Å². The molecule has 0 spiro atoms. The van der Waals surface area contributed by atoms with Gasteiger partial charge in [0.2, 0.25) is 0 Å². The highest BCUT2D eigenvalue weighted by Gasteiger charge is 2.24. The predicted molar refractivity (Wildman–Crippen MR) is 95.4 cm³/mol. The van der Waals surface area contributed by atoms with Crippen molar-refractivity contribution in [2.45, 2.75) is 31.6 Å². The molecule has 0 radical (unpaired) electrons. The molecule has 1 aromatic rings. The molecule has 21 heavy (non-hydrogen) atoms. The Morgan fingerprint density at radius 3 is 2.38 bits per heavy atom. The predicted octanol–water partition coefficient (Wildman–Crippen LogP) is 4.05.